The number of pyridine rings is 1. The van der Waals surface area contributed by atoms with Gasteiger partial charge in [-0.1, -0.05) is 44.2 Å². The Kier molecular flexibility index (Phi) is 3.48. The predicted octanol–water partition coefficient (Wildman–Crippen LogP) is 2.19. The molecule has 5 nitrogen and oxygen atoms in total. The molecule has 3 rings (SSSR count). The normalized spacial score (nSPS) is 15.8. The summed E-state index contributed by atoms with van der Waals surface area (Å²) in [6.45, 7) is 4.47. The summed E-state index contributed by atoms with van der Waals surface area (Å²) in [6, 6.07) is 11.0. The van der Waals surface area contributed by atoms with Gasteiger partial charge < -0.3 is 10.2 Å². The fraction of sp³-hybridized carbons (Fsp3) is 0.294. The van der Waals surface area contributed by atoms with Gasteiger partial charge in [0.25, 0.3) is 0 Å². The van der Waals surface area contributed by atoms with Crippen molar-refractivity contribution in [3.05, 3.63) is 64.1 Å². The SMILES string of the molecule is CC1(C)CNn2ccc(=O)c(OCc3ccccc3)c2C1=O. The Balaban J connectivity index is 1.98. The van der Waals surface area contributed by atoms with Gasteiger partial charge in [0.15, 0.2) is 17.2 Å². The molecule has 0 radical (unpaired) electrons. The molecule has 0 aliphatic carbocycles. The van der Waals surface area contributed by atoms with E-state index in [2.05, 4.69) is 5.43 Å². The number of nitrogens with zero attached hydrogens (tertiary/aromatic N) is 1. The molecule has 22 heavy (non-hydrogen) atoms. The number of nitrogens with one attached hydrogen (secondary N) is 1. The molecule has 0 fully saturated rings. The molecule has 2 aromatic rings. The van der Waals surface area contributed by atoms with Gasteiger partial charge >= 0.3 is 0 Å². The number of ether oxygens (including phenoxy) is 1. The van der Waals surface area contributed by atoms with Crippen molar-refractivity contribution in [2.75, 3.05) is 12.0 Å². The first kappa shape index (κ1) is 14.4. The first-order chi connectivity index (χ1) is 10.5. The van der Waals surface area contributed by atoms with Crippen LogP contribution in [0.4, 0.5) is 0 Å². The molecule has 0 spiro atoms. The Morgan fingerprint density at radius 1 is 1.18 bits per heavy atom. The van der Waals surface area contributed by atoms with Crippen LogP contribution >= 0.6 is 0 Å². The van der Waals surface area contributed by atoms with Crippen molar-refractivity contribution in [1.82, 2.24) is 4.68 Å². The standard InChI is InChI=1S/C17H18N2O3/c1-17(2)11-18-19-9-8-13(20)15(14(19)16(17)21)22-10-12-6-4-3-5-7-12/h3-9,18H,10-11H2,1-2H3. The number of hydrogen-bond acceptors (Lipinski definition) is 4. The zero-order valence-electron chi connectivity index (χ0n) is 12.6. The van der Waals surface area contributed by atoms with E-state index in [4.69, 9.17) is 4.74 Å². The average Bonchev–Trinajstić information content (AvgIpc) is 2.51. The van der Waals surface area contributed by atoms with Crippen LogP contribution in [0.2, 0.25) is 0 Å². The molecule has 2 heterocycles. The molecule has 1 N–H and O–H groups in total. The summed E-state index contributed by atoms with van der Waals surface area (Å²) >= 11 is 0. The quantitative estimate of drug-likeness (QED) is 0.943. The molecule has 114 valence electrons. The van der Waals surface area contributed by atoms with Crippen LogP contribution < -0.4 is 15.6 Å². The van der Waals surface area contributed by atoms with E-state index in [1.807, 2.05) is 44.2 Å². The lowest BCUT2D eigenvalue weighted by atomic mass is 9.84. The second-order valence-corrected chi connectivity index (χ2v) is 6.05. The third kappa shape index (κ3) is 2.50. The lowest BCUT2D eigenvalue weighted by Crippen LogP contribution is -2.44. The zero-order valence-corrected chi connectivity index (χ0v) is 12.6. The Morgan fingerprint density at radius 3 is 2.64 bits per heavy atom. The van der Waals surface area contributed by atoms with Gasteiger partial charge in [-0.2, -0.15) is 0 Å². The van der Waals surface area contributed by atoms with Gasteiger partial charge in [-0.05, 0) is 5.56 Å². The van der Waals surface area contributed by atoms with Gasteiger partial charge in [-0.25, -0.2) is 0 Å². The minimum atomic E-state index is -0.571. The van der Waals surface area contributed by atoms with E-state index in [0.29, 0.717) is 12.2 Å². The lowest BCUT2D eigenvalue weighted by molar-refractivity contribution is 0.0813. The van der Waals surface area contributed by atoms with E-state index in [1.54, 1.807) is 10.9 Å². The third-order valence-electron chi connectivity index (χ3n) is 3.80. The highest BCUT2D eigenvalue weighted by molar-refractivity contribution is 6.02. The molecule has 0 saturated carbocycles. The van der Waals surface area contributed by atoms with E-state index < -0.39 is 5.41 Å². The van der Waals surface area contributed by atoms with Crippen LogP contribution in [-0.4, -0.2) is 17.0 Å². The van der Waals surface area contributed by atoms with Gasteiger partial charge in [-0.15, -0.1) is 0 Å². The minimum Gasteiger partial charge on any atom is -0.483 e. The smallest absolute Gasteiger partial charge is 0.224 e. The topological polar surface area (TPSA) is 60.3 Å². The molecule has 0 unspecified atom stereocenters. The molecule has 1 aromatic heterocycles. The lowest BCUT2D eigenvalue weighted by Gasteiger charge is -2.32. The molecule has 1 aromatic carbocycles. The van der Waals surface area contributed by atoms with Gasteiger partial charge in [0.1, 0.15) is 6.61 Å². The number of fused-ring (bicyclic) bond motifs is 1. The maximum atomic E-state index is 12.6. The summed E-state index contributed by atoms with van der Waals surface area (Å²) in [4.78, 5) is 24.8. The predicted molar refractivity (Wildman–Crippen MR) is 83.8 cm³/mol. The molecular formula is C17H18N2O3. The molecule has 0 saturated heterocycles. The van der Waals surface area contributed by atoms with Gasteiger partial charge in [0.05, 0.1) is 0 Å². The Bertz CT molecular complexity index is 763. The number of Topliss-reactive ketones (excluding diaryl/α,β-unsaturated/α-hetero) is 1. The second kappa shape index (κ2) is 5.33. The number of carbonyl (C=O) groups is 1. The number of rotatable bonds is 3. The highest BCUT2D eigenvalue weighted by Crippen LogP contribution is 2.29. The average molecular weight is 298 g/mol. The fourth-order valence-electron chi connectivity index (χ4n) is 2.42. The van der Waals surface area contributed by atoms with E-state index >= 15 is 0 Å². The number of carbonyl (C=O) groups excluding carboxylic acids is 1. The third-order valence-corrected chi connectivity index (χ3v) is 3.80. The molecule has 1 aliphatic heterocycles. The Hall–Kier alpha value is -2.56. The molecular weight excluding hydrogens is 280 g/mol. The van der Waals surface area contributed by atoms with Crippen LogP contribution in [0.25, 0.3) is 0 Å². The van der Waals surface area contributed by atoms with Gasteiger partial charge in [0.2, 0.25) is 5.43 Å². The van der Waals surface area contributed by atoms with Crippen molar-refractivity contribution in [1.29, 1.82) is 0 Å². The highest BCUT2D eigenvalue weighted by atomic mass is 16.5. The van der Waals surface area contributed by atoms with Crippen molar-refractivity contribution in [3.8, 4) is 5.75 Å². The Morgan fingerprint density at radius 2 is 1.91 bits per heavy atom. The van der Waals surface area contributed by atoms with Crippen molar-refractivity contribution >= 4 is 5.78 Å². The fourth-order valence-corrected chi connectivity index (χ4v) is 2.42. The van der Waals surface area contributed by atoms with Crippen LogP contribution in [-0.2, 0) is 6.61 Å². The van der Waals surface area contributed by atoms with Gasteiger partial charge in [0, 0.05) is 24.2 Å². The molecule has 0 bridgehead atoms. The van der Waals surface area contributed by atoms with Crippen molar-refractivity contribution < 1.29 is 9.53 Å². The maximum absolute atomic E-state index is 12.6. The molecule has 0 amide bonds. The largest absolute Gasteiger partial charge is 0.483 e. The monoisotopic (exact) mass is 298 g/mol. The van der Waals surface area contributed by atoms with Gasteiger partial charge in [-0.3, -0.25) is 14.3 Å². The van der Waals surface area contributed by atoms with Crippen molar-refractivity contribution in [3.63, 3.8) is 0 Å². The highest BCUT2D eigenvalue weighted by Gasteiger charge is 2.37. The summed E-state index contributed by atoms with van der Waals surface area (Å²) in [7, 11) is 0. The zero-order chi connectivity index (χ0) is 15.7. The van der Waals surface area contributed by atoms with Crippen molar-refractivity contribution in [2.24, 2.45) is 5.41 Å². The van der Waals surface area contributed by atoms with Crippen LogP contribution in [0.15, 0.2) is 47.4 Å². The van der Waals surface area contributed by atoms with E-state index in [-0.39, 0.29) is 23.6 Å². The molecule has 5 heteroatoms. The Labute approximate surface area is 128 Å². The molecule has 1 aliphatic rings. The van der Waals surface area contributed by atoms with Crippen LogP contribution in [0.3, 0.4) is 0 Å². The molecule has 0 atom stereocenters. The summed E-state index contributed by atoms with van der Waals surface area (Å²) in [5.74, 6) is 0.0173. The van der Waals surface area contributed by atoms with Crippen molar-refractivity contribution in [2.45, 2.75) is 20.5 Å². The van der Waals surface area contributed by atoms with Crippen LogP contribution in [0, 0.1) is 5.41 Å². The van der Waals surface area contributed by atoms with Crippen LogP contribution in [0.5, 0.6) is 5.75 Å². The number of aromatic nitrogens is 1. The first-order valence-electron chi connectivity index (χ1n) is 7.20. The maximum Gasteiger partial charge on any atom is 0.224 e. The van der Waals surface area contributed by atoms with E-state index in [1.165, 1.54) is 6.07 Å². The number of hydrogen-bond donors (Lipinski definition) is 1. The number of benzene rings is 1. The van der Waals surface area contributed by atoms with E-state index in [0.717, 1.165) is 5.56 Å². The first-order valence-corrected chi connectivity index (χ1v) is 7.20. The summed E-state index contributed by atoms with van der Waals surface area (Å²) in [6.07, 6.45) is 1.57. The summed E-state index contributed by atoms with van der Waals surface area (Å²) < 4.78 is 7.27. The van der Waals surface area contributed by atoms with E-state index in [9.17, 15) is 9.59 Å². The van der Waals surface area contributed by atoms with Crippen LogP contribution in [0.1, 0.15) is 29.9 Å². The summed E-state index contributed by atoms with van der Waals surface area (Å²) in [5, 5.41) is 0. The minimum absolute atomic E-state index is 0.0907. The second-order valence-electron chi connectivity index (χ2n) is 6.05. The summed E-state index contributed by atoms with van der Waals surface area (Å²) in [5.41, 5.74) is 3.51. The number of ketones is 1.